The molecule has 0 aromatic carbocycles. The predicted molar refractivity (Wildman–Crippen MR) is 104 cm³/mol. The maximum atomic E-state index is 2.77. The molecule has 2 unspecified atom stereocenters. The van der Waals surface area contributed by atoms with E-state index >= 15 is 0 Å². The van der Waals surface area contributed by atoms with Crippen LogP contribution in [0, 0.1) is 0 Å². The van der Waals surface area contributed by atoms with Crippen molar-refractivity contribution in [3.05, 3.63) is 0 Å². The van der Waals surface area contributed by atoms with E-state index in [1.54, 1.807) is 0 Å². The fourth-order valence-corrected chi connectivity index (χ4v) is 12.1. The maximum absolute atomic E-state index is 2.77. The van der Waals surface area contributed by atoms with Crippen molar-refractivity contribution < 1.29 is 0 Å². The molecule has 2 heterocycles. The van der Waals surface area contributed by atoms with E-state index in [4.69, 9.17) is 0 Å². The highest BCUT2D eigenvalue weighted by Gasteiger charge is 2.43. The van der Waals surface area contributed by atoms with Crippen LogP contribution >= 0.6 is 16.1 Å². The molecule has 2 aliphatic rings. The second kappa shape index (κ2) is 8.75. The topological polar surface area (TPSA) is 6.48 Å². The highest BCUT2D eigenvalue weighted by atomic mass is 31.1. The van der Waals surface area contributed by atoms with Crippen LogP contribution in [0.3, 0.4) is 0 Å². The van der Waals surface area contributed by atoms with E-state index in [2.05, 4.69) is 51.3 Å². The van der Waals surface area contributed by atoms with E-state index in [0.717, 1.165) is 22.6 Å². The molecule has 2 nitrogen and oxygen atoms in total. The number of rotatable bonds is 7. The van der Waals surface area contributed by atoms with E-state index in [1.165, 1.54) is 51.4 Å². The lowest BCUT2D eigenvalue weighted by Gasteiger charge is -2.45. The van der Waals surface area contributed by atoms with E-state index < -0.39 is 0 Å². The molecular formula is C18H38N2P2. The molecule has 130 valence electrons. The Kier molecular flexibility index (Phi) is 7.60. The van der Waals surface area contributed by atoms with Crippen LogP contribution < -0.4 is 0 Å². The molecule has 2 aliphatic heterocycles. The van der Waals surface area contributed by atoms with Gasteiger partial charge in [0, 0.05) is 14.1 Å². The normalized spacial score (nSPS) is 36.8. The van der Waals surface area contributed by atoms with Crippen molar-refractivity contribution in [2.45, 2.75) is 102 Å². The van der Waals surface area contributed by atoms with Crippen molar-refractivity contribution >= 4 is 16.1 Å². The zero-order valence-electron chi connectivity index (χ0n) is 15.8. The smallest absolute Gasteiger partial charge is 0.00628 e. The highest BCUT2D eigenvalue weighted by molar-refractivity contribution is 7.60. The van der Waals surface area contributed by atoms with E-state index in [1.807, 2.05) is 0 Å². The number of hydrogen-bond donors (Lipinski definition) is 0. The summed E-state index contributed by atoms with van der Waals surface area (Å²) in [7, 11) is 4.94. The first kappa shape index (κ1) is 19.1. The van der Waals surface area contributed by atoms with Gasteiger partial charge in [-0.1, -0.05) is 27.7 Å². The fourth-order valence-electron chi connectivity index (χ4n) is 4.70. The summed E-state index contributed by atoms with van der Waals surface area (Å²) in [6.45, 7) is 9.65. The van der Waals surface area contributed by atoms with Crippen LogP contribution in [-0.4, -0.2) is 46.3 Å². The molecule has 0 amide bonds. The van der Waals surface area contributed by atoms with Crippen LogP contribution in [0.2, 0.25) is 0 Å². The maximum Gasteiger partial charge on any atom is 0.00628 e. The Morgan fingerprint density at radius 1 is 0.591 bits per heavy atom. The summed E-state index contributed by atoms with van der Waals surface area (Å²) in [5.74, 6) is 0. The first-order valence-electron chi connectivity index (χ1n) is 9.62. The van der Waals surface area contributed by atoms with Gasteiger partial charge in [0.2, 0.25) is 0 Å². The zero-order valence-corrected chi connectivity index (χ0v) is 17.5. The van der Waals surface area contributed by atoms with Gasteiger partial charge >= 0.3 is 0 Å². The van der Waals surface area contributed by atoms with Crippen LogP contribution in [0.15, 0.2) is 0 Å². The van der Waals surface area contributed by atoms with Crippen LogP contribution in [-0.2, 0) is 0 Å². The van der Waals surface area contributed by atoms with Crippen molar-refractivity contribution in [1.82, 2.24) is 9.56 Å². The molecule has 0 spiro atoms. The molecule has 5 atom stereocenters. The number of nitrogens with zero attached hydrogens (tertiary/aromatic N) is 2. The summed E-state index contributed by atoms with van der Waals surface area (Å²) in [6, 6.07) is 0. The Balaban J connectivity index is 2.13. The third-order valence-electron chi connectivity index (χ3n) is 6.14. The lowest BCUT2D eigenvalue weighted by atomic mass is 10.1. The first-order valence-corrected chi connectivity index (χ1v) is 12.5. The molecule has 0 aromatic rings. The molecule has 2 saturated heterocycles. The Hall–Kier alpha value is 0.780. The van der Waals surface area contributed by atoms with Gasteiger partial charge in [-0.2, -0.15) is 0 Å². The van der Waals surface area contributed by atoms with Crippen molar-refractivity contribution in [3.63, 3.8) is 0 Å². The minimum absolute atomic E-state index is 0.0384. The Morgan fingerprint density at radius 3 is 1.00 bits per heavy atom. The number of hydrazine groups is 1. The minimum Gasteiger partial charge on any atom is -0.219 e. The van der Waals surface area contributed by atoms with Crippen molar-refractivity contribution in [1.29, 1.82) is 0 Å². The van der Waals surface area contributed by atoms with Gasteiger partial charge in [-0.3, -0.25) is 0 Å². The Morgan fingerprint density at radius 2 is 0.818 bits per heavy atom. The summed E-state index contributed by atoms with van der Waals surface area (Å²) in [5, 5.41) is 0. The van der Waals surface area contributed by atoms with Gasteiger partial charge in [-0.25, -0.2) is 9.56 Å². The molecule has 0 bridgehead atoms. The predicted octanol–water partition coefficient (Wildman–Crippen LogP) is 6.26. The van der Waals surface area contributed by atoms with Crippen LogP contribution in [0.25, 0.3) is 0 Å². The van der Waals surface area contributed by atoms with Crippen molar-refractivity contribution in [2.24, 2.45) is 0 Å². The van der Waals surface area contributed by atoms with Gasteiger partial charge in [0.05, 0.1) is 0 Å². The van der Waals surface area contributed by atoms with E-state index in [9.17, 15) is 0 Å². The average Bonchev–Trinajstić information content (AvgIpc) is 3.15. The van der Waals surface area contributed by atoms with E-state index in [0.29, 0.717) is 0 Å². The molecule has 0 aliphatic carbocycles. The van der Waals surface area contributed by atoms with Gasteiger partial charge in [0.15, 0.2) is 0 Å². The average molecular weight is 344 g/mol. The minimum atomic E-state index is 0.0384. The van der Waals surface area contributed by atoms with E-state index in [-0.39, 0.29) is 16.1 Å². The SMILES string of the molecule is CCC1CC[C@@H](CC)P1N(C)N(C)P1[C@H](CC)CC[C@H]1CC. The van der Waals surface area contributed by atoms with Gasteiger partial charge in [0.25, 0.3) is 0 Å². The molecule has 2 fully saturated rings. The summed E-state index contributed by atoms with van der Waals surface area (Å²) < 4.78 is 5.54. The first-order chi connectivity index (χ1) is 10.6. The summed E-state index contributed by atoms with van der Waals surface area (Å²) in [6.07, 6.45) is 11.4. The van der Waals surface area contributed by atoms with Gasteiger partial charge in [-0.15, -0.1) is 0 Å². The molecule has 4 heteroatoms. The van der Waals surface area contributed by atoms with Gasteiger partial charge in [-0.05, 0) is 90.1 Å². The molecular weight excluding hydrogens is 306 g/mol. The fraction of sp³-hybridized carbons (Fsp3) is 1.00. The number of hydrogen-bond acceptors (Lipinski definition) is 2. The van der Waals surface area contributed by atoms with Crippen LogP contribution in [0.5, 0.6) is 0 Å². The zero-order chi connectivity index (χ0) is 16.3. The summed E-state index contributed by atoms with van der Waals surface area (Å²) in [5.41, 5.74) is 3.91. The lowest BCUT2D eigenvalue weighted by molar-refractivity contribution is 0.255. The van der Waals surface area contributed by atoms with Crippen LogP contribution in [0.1, 0.15) is 79.1 Å². The lowest BCUT2D eigenvalue weighted by Crippen LogP contribution is -2.35. The standard InChI is InChI=1S/C18H38N2P2/c1-7-15-11-12-16(8-2)21(15)19(5)20(6)22-17(9-3)13-14-18(22)10-4/h15-18H,7-14H2,1-6H3/t15-,16-,17-,18?,22?/m1/s1. The molecule has 0 N–H and O–H groups in total. The van der Waals surface area contributed by atoms with Crippen molar-refractivity contribution in [3.8, 4) is 0 Å². The van der Waals surface area contributed by atoms with Gasteiger partial charge in [0.1, 0.15) is 0 Å². The van der Waals surface area contributed by atoms with Crippen molar-refractivity contribution in [2.75, 3.05) is 14.1 Å². The Labute approximate surface area is 142 Å². The quantitative estimate of drug-likeness (QED) is 0.397. The third-order valence-corrected chi connectivity index (χ3v) is 13.6. The highest BCUT2D eigenvalue weighted by Crippen LogP contribution is 2.66. The third kappa shape index (κ3) is 3.72. The summed E-state index contributed by atoms with van der Waals surface area (Å²) in [4.78, 5) is 0. The molecule has 0 radical (unpaired) electrons. The second-order valence-electron chi connectivity index (χ2n) is 7.14. The molecule has 2 rings (SSSR count). The van der Waals surface area contributed by atoms with Gasteiger partial charge < -0.3 is 0 Å². The second-order valence-corrected chi connectivity index (χ2v) is 12.7. The molecule has 0 aromatic heterocycles. The van der Waals surface area contributed by atoms with Crippen LogP contribution in [0.4, 0.5) is 0 Å². The molecule has 22 heavy (non-hydrogen) atoms. The molecule has 0 saturated carbocycles. The monoisotopic (exact) mass is 344 g/mol. The summed E-state index contributed by atoms with van der Waals surface area (Å²) >= 11 is 0. The largest absolute Gasteiger partial charge is 0.219 e. The Bertz CT molecular complexity index is 283.